The molecular weight excluding hydrogens is 482 g/mol. The average Bonchev–Trinajstić information content (AvgIpc) is 2.93. The maximum Gasteiger partial charge on any atom is 0.325 e. The number of esters is 1. The van der Waals surface area contributed by atoms with Gasteiger partial charge < -0.3 is 19.5 Å². The maximum atomic E-state index is 13.1. The number of benzene rings is 2. The number of carbonyl (C=O) groups is 2. The predicted molar refractivity (Wildman–Crippen MR) is 143 cm³/mol. The summed E-state index contributed by atoms with van der Waals surface area (Å²) in [5, 5.41) is 2.59. The molecule has 0 radical (unpaired) electrons. The SMILES string of the molecule is CCOC(=O)CNC(=O)c1nc(Cc2ccc(OC3CCCCC3)cc2)nc(C)c1OCc1ccccc1. The zero-order chi connectivity index (χ0) is 26.7. The van der Waals surface area contributed by atoms with Gasteiger partial charge in [0, 0.05) is 6.42 Å². The first-order valence-corrected chi connectivity index (χ1v) is 13.3. The molecule has 1 amide bonds. The van der Waals surface area contributed by atoms with Gasteiger partial charge in [0.05, 0.1) is 18.4 Å². The third-order valence-electron chi connectivity index (χ3n) is 6.36. The number of nitrogens with zero attached hydrogens (tertiary/aromatic N) is 2. The van der Waals surface area contributed by atoms with Crippen LogP contribution in [0.3, 0.4) is 0 Å². The minimum absolute atomic E-state index is 0.0879. The molecule has 2 aromatic carbocycles. The van der Waals surface area contributed by atoms with Gasteiger partial charge in [0.1, 0.15) is 24.7 Å². The van der Waals surface area contributed by atoms with Crippen LogP contribution in [-0.4, -0.2) is 41.1 Å². The Kier molecular flexibility index (Phi) is 9.67. The Morgan fingerprint density at radius 3 is 2.39 bits per heavy atom. The van der Waals surface area contributed by atoms with E-state index in [2.05, 4.69) is 15.3 Å². The lowest BCUT2D eigenvalue weighted by atomic mass is 9.98. The van der Waals surface area contributed by atoms with Crippen molar-refractivity contribution in [2.45, 2.75) is 65.1 Å². The molecule has 8 heteroatoms. The highest BCUT2D eigenvalue weighted by atomic mass is 16.5. The second-order valence-corrected chi connectivity index (χ2v) is 9.36. The van der Waals surface area contributed by atoms with E-state index in [9.17, 15) is 9.59 Å². The maximum absolute atomic E-state index is 13.1. The van der Waals surface area contributed by atoms with Crippen LogP contribution in [0.1, 0.15) is 72.2 Å². The molecule has 0 unspecified atom stereocenters. The number of carbonyl (C=O) groups excluding carboxylic acids is 2. The van der Waals surface area contributed by atoms with Crippen molar-refractivity contribution in [1.82, 2.24) is 15.3 Å². The molecule has 0 bridgehead atoms. The van der Waals surface area contributed by atoms with Crippen LogP contribution in [-0.2, 0) is 22.6 Å². The fourth-order valence-corrected chi connectivity index (χ4v) is 4.45. The fourth-order valence-electron chi connectivity index (χ4n) is 4.45. The lowest BCUT2D eigenvalue weighted by Gasteiger charge is -2.23. The molecule has 1 fully saturated rings. The largest absolute Gasteiger partial charge is 0.490 e. The highest BCUT2D eigenvalue weighted by molar-refractivity contribution is 5.96. The van der Waals surface area contributed by atoms with Crippen molar-refractivity contribution in [1.29, 1.82) is 0 Å². The molecule has 0 atom stereocenters. The minimum Gasteiger partial charge on any atom is -0.490 e. The lowest BCUT2D eigenvalue weighted by Crippen LogP contribution is -2.32. The van der Waals surface area contributed by atoms with Crippen molar-refractivity contribution >= 4 is 11.9 Å². The quantitative estimate of drug-likeness (QED) is 0.359. The number of amides is 1. The number of nitrogens with one attached hydrogen (secondary N) is 1. The molecule has 200 valence electrons. The van der Waals surface area contributed by atoms with Crippen LogP contribution >= 0.6 is 0 Å². The zero-order valence-corrected chi connectivity index (χ0v) is 22.1. The normalized spacial score (nSPS) is 13.5. The molecule has 38 heavy (non-hydrogen) atoms. The Labute approximate surface area is 223 Å². The van der Waals surface area contributed by atoms with Gasteiger partial charge in [0.2, 0.25) is 0 Å². The third kappa shape index (κ3) is 7.78. The first-order valence-electron chi connectivity index (χ1n) is 13.3. The van der Waals surface area contributed by atoms with Gasteiger partial charge in [-0.1, -0.05) is 48.9 Å². The van der Waals surface area contributed by atoms with Crippen LogP contribution in [0.5, 0.6) is 11.5 Å². The van der Waals surface area contributed by atoms with Crippen LogP contribution in [0.15, 0.2) is 54.6 Å². The molecule has 3 aromatic rings. The van der Waals surface area contributed by atoms with Crippen LogP contribution in [0.4, 0.5) is 0 Å². The molecular formula is C30H35N3O5. The lowest BCUT2D eigenvalue weighted by molar-refractivity contribution is -0.141. The van der Waals surface area contributed by atoms with E-state index in [0.717, 1.165) is 29.7 Å². The fraction of sp³-hybridized carbons (Fsp3) is 0.400. The Morgan fingerprint density at radius 2 is 1.68 bits per heavy atom. The van der Waals surface area contributed by atoms with Gasteiger partial charge in [0.15, 0.2) is 11.4 Å². The second-order valence-electron chi connectivity index (χ2n) is 9.36. The van der Waals surface area contributed by atoms with Gasteiger partial charge >= 0.3 is 5.97 Å². The summed E-state index contributed by atoms with van der Waals surface area (Å²) in [6, 6.07) is 17.6. The number of ether oxygens (including phenoxy) is 3. The summed E-state index contributed by atoms with van der Waals surface area (Å²) in [5.41, 5.74) is 2.58. The van der Waals surface area contributed by atoms with Gasteiger partial charge in [-0.05, 0) is 62.8 Å². The summed E-state index contributed by atoms with van der Waals surface area (Å²) in [6.07, 6.45) is 6.67. The van der Waals surface area contributed by atoms with Crippen molar-refractivity contribution in [3.63, 3.8) is 0 Å². The molecule has 8 nitrogen and oxygen atoms in total. The summed E-state index contributed by atoms with van der Waals surface area (Å²) in [4.78, 5) is 34.0. The smallest absolute Gasteiger partial charge is 0.325 e. The average molecular weight is 518 g/mol. The molecule has 1 aliphatic carbocycles. The molecule has 1 aliphatic rings. The van der Waals surface area contributed by atoms with Crippen molar-refractivity contribution < 1.29 is 23.8 Å². The Balaban J connectivity index is 1.50. The highest BCUT2D eigenvalue weighted by Crippen LogP contribution is 2.25. The molecule has 0 saturated heterocycles. The summed E-state index contributed by atoms with van der Waals surface area (Å²) < 4.78 is 17.1. The van der Waals surface area contributed by atoms with Gasteiger partial charge in [-0.15, -0.1) is 0 Å². The summed E-state index contributed by atoms with van der Waals surface area (Å²) in [6.45, 7) is 3.73. The van der Waals surface area contributed by atoms with E-state index in [1.54, 1.807) is 13.8 Å². The van der Waals surface area contributed by atoms with Crippen molar-refractivity contribution in [3.05, 3.63) is 82.9 Å². The van der Waals surface area contributed by atoms with Crippen LogP contribution in [0.2, 0.25) is 0 Å². The second kappa shape index (κ2) is 13.6. The monoisotopic (exact) mass is 517 g/mol. The molecule has 1 saturated carbocycles. The molecule has 1 heterocycles. The van der Waals surface area contributed by atoms with Gasteiger partial charge in [-0.3, -0.25) is 9.59 Å². The summed E-state index contributed by atoms with van der Waals surface area (Å²) in [7, 11) is 0. The van der Waals surface area contributed by atoms with E-state index < -0.39 is 11.9 Å². The van der Waals surface area contributed by atoms with E-state index in [1.165, 1.54) is 19.3 Å². The molecule has 0 aliphatic heterocycles. The zero-order valence-electron chi connectivity index (χ0n) is 22.1. The molecule has 1 aromatic heterocycles. The van der Waals surface area contributed by atoms with Crippen molar-refractivity contribution in [3.8, 4) is 11.5 Å². The van der Waals surface area contributed by atoms with Crippen molar-refractivity contribution in [2.24, 2.45) is 0 Å². The molecule has 4 rings (SSSR count). The summed E-state index contributed by atoms with van der Waals surface area (Å²) >= 11 is 0. The molecule has 0 spiro atoms. The first-order chi connectivity index (χ1) is 18.5. The van der Waals surface area contributed by atoms with E-state index in [4.69, 9.17) is 14.2 Å². The number of aryl methyl sites for hydroxylation is 1. The number of rotatable bonds is 11. The standard InChI is InChI=1S/C30H35N3O5/c1-3-36-27(34)19-31-30(35)28-29(37-20-23-10-6-4-7-11-23)21(2)32-26(33-28)18-22-14-16-25(17-15-22)38-24-12-8-5-9-13-24/h4,6-7,10-11,14-17,24H,3,5,8-9,12-13,18-20H2,1-2H3,(H,31,35). The Bertz CT molecular complexity index is 1210. The van der Waals surface area contributed by atoms with Crippen LogP contribution < -0.4 is 14.8 Å². The van der Waals surface area contributed by atoms with E-state index in [1.807, 2.05) is 54.6 Å². The number of aromatic nitrogens is 2. The summed E-state index contributed by atoms with van der Waals surface area (Å²) in [5.74, 6) is 0.590. The van der Waals surface area contributed by atoms with Crippen LogP contribution in [0.25, 0.3) is 0 Å². The van der Waals surface area contributed by atoms with E-state index >= 15 is 0 Å². The predicted octanol–water partition coefficient (Wildman–Crippen LogP) is 4.96. The third-order valence-corrected chi connectivity index (χ3v) is 6.36. The first kappa shape index (κ1) is 27.1. The van der Waals surface area contributed by atoms with Crippen LogP contribution in [0, 0.1) is 6.92 Å². The molecule has 1 N–H and O–H groups in total. The van der Waals surface area contributed by atoms with Gasteiger partial charge in [-0.2, -0.15) is 0 Å². The Hall–Kier alpha value is -3.94. The van der Waals surface area contributed by atoms with E-state index in [-0.39, 0.29) is 31.2 Å². The highest BCUT2D eigenvalue weighted by Gasteiger charge is 2.21. The van der Waals surface area contributed by atoms with Gasteiger partial charge in [-0.25, -0.2) is 9.97 Å². The van der Waals surface area contributed by atoms with E-state index in [0.29, 0.717) is 24.0 Å². The van der Waals surface area contributed by atoms with Crippen molar-refractivity contribution in [2.75, 3.05) is 13.2 Å². The number of hydrogen-bond acceptors (Lipinski definition) is 7. The topological polar surface area (TPSA) is 99.6 Å². The minimum atomic E-state index is -0.524. The van der Waals surface area contributed by atoms with Gasteiger partial charge in [0.25, 0.3) is 5.91 Å². The Morgan fingerprint density at radius 1 is 0.947 bits per heavy atom. The number of hydrogen-bond donors (Lipinski definition) is 1.